The maximum absolute atomic E-state index is 13.6. The van der Waals surface area contributed by atoms with Crippen LogP contribution in [-0.2, 0) is 4.79 Å². The normalized spacial score (nSPS) is 27.2. The van der Waals surface area contributed by atoms with Crippen molar-refractivity contribution in [2.45, 2.75) is 41.4 Å². The van der Waals surface area contributed by atoms with Crippen molar-refractivity contribution in [1.29, 1.82) is 0 Å². The number of aliphatic carboxylic acids is 1. The number of carboxylic acids is 1. The number of benzene rings is 1. The van der Waals surface area contributed by atoms with Gasteiger partial charge in [-0.05, 0) is 44.9 Å². The zero-order chi connectivity index (χ0) is 13.9. The summed E-state index contributed by atoms with van der Waals surface area (Å²) in [5, 5.41) is 12.5. The number of nitrogens with one attached hydrogen (secondary N) is 1. The average molecular weight is 283 g/mol. The summed E-state index contributed by atoms with van der Waals surface area (Å²) in [6.45, 7) is 0. The lowest BCUT2D eigenvalue weighted by atomic mass is 9.81. The van der Waals surface area contributed by atoms with Crippen molar-refractivity contribution >= 4 is 17.7 Å². The molecule has 0 spiro atoms. The minimum atomic E-state index is -0.860. The summed E-state index contributed by atoms with van der Waals surface area (Å²) < 4.78 is 13.6. The minimum absolute atomic E-state index is 0.134. The molecule has 0 heterocycles. The molecule has 1 aliphatic carbocycles. The van der Waals surface area contributed by atoms with E-state index >= 15 is 0 Å². The number of thioether (sulfide) groups is 1. The largest absolute Gasteiger partial charge is 0.480 e. The molecular weight excluding hydrogens is 265 g/mol. The molecule has 0 aromatic heterocycles. The van der Waals surface area contributed by atoms with E-state index in [1.807, 2.05) is 0 Å². The first kappa shape index (κ1) is 14.3. The van der Waals surface area contributed by atoms with E-state index in [1.165, 1.54) is 17.8 Å². The van der Waals surface area contributed by atoms with Gasteiger partial charge in [0.1, 0.15) is 11.4 Å². The lowest BCUT2D eigenvalue weighted by Gasteiger charge is -2.37. The van der Waals surface area contributed by atoms with E-state index in [0.29, 0.717) is 17.7 Å². The molecule has 1 fully saturated rings. The smallest absolute Gasteiger partial charge is 0.323 e. The predicted octanol–water partition coefficient (Wildman–Crippen LogP) is 2.90. The zero-order valence-electron chi connectivity index (χ0n) is 10.9. The van der Waals surface area contributed by atoms with Crippen LogP contribution < -0.4 is 5.32 Å². The van der Waals surface area contributed by atoms with E-state index in [1.54, 1.807) is 25.2 Å². The van der Waals surface area contributed by atoms with Gasteiger partial charge < -0.3 is 10.4 Å². The molecule has 1 aliphatic rings. The van der Waals surface area contributed by atoms with E-state index in [0.717, 1.165) is 12.8 Å². The van der Waals surface area contributed by atoms with Crippen molar-refractivity contribution in [2.75, 3.05) is 7.05 Å². The van der Waals surface area contributed by atoms with E-state index in [4.69, 9.17) is 0 Å². The zero-order valence-corrected chi connectivity index (χ0v) is 11.7. The topological polar surface area (TPSA) is 49.3 Å². The molecule has 2 rings (SSSR count). The van der Waals surface area contributed by atoms with E-state index in [2.05, 4.69) is 5.32 Å². The van der Waals surface area contributed by atoms with Gasteiger partial charge in [0, 0.05) is 10.1 Å². The quantitative estimate of drug-likeness (QED) is 0.892. The van der Waals surface area contributed by atoms with E-state index in [9.17, 15) is 14.3 Å². The summed E-state index contributed by atoms with van der Waals surface area (Å²) in [6.07, 6.45) is 2.93. The van der Waals surface area contributed by atoms with Gasteiger partial charge in [0.2, 0.25) is 0 Å². The molecule has 1 aromatic carbocycles. The number of halogens is 1. The van der Waals surface area contributed by atoms with Crippen LogP contribution in [0, 0.1) is 5.82 Å². The fourth-order valence-electron chi connectivity index (χ4n) is 2.57. The van der Waals surface area contributed by atoms with Crippen LogP contribution in [0.15, 0.2) is 29.2 Å². The SMILES string of the molecule is CNC1(C(=O)O)CCCC(Sc2ccccc2F)C1. The van der Waals surface area contributed by atoms with Crippen LogP contribution in [0.4, 0.5) is 4.39 Å². The molecule has 5 heteroatoms. The van der Waals surface area contributed by atoms with Gasteiger partial charge in [0.15, 0.2) is 0 Å². The third kappa shape index (κ3) is 3.09. The number of rotatable bonds is 4. The van der Waals surface area contributed by atoms with Crippen molar-refractivity contribution in [2.24, 2.45) is 0 Å². The number of likely N-dealkylation sites (N-methyl/N-ethyl adjacent to an activating group) is 1. The Morgan fingerprint density at radius 1 is 1.53 bits per heavy atom. The molecule has 1 aromatic rings. The van der Waals surface area contributed by atoms with Gasteiger partial charge >= 0.3 is 5.97 Å². The third-order valence-corrected chi connectivity index (χ3v) is 5.04. The molecule has 0 radical (unpaired) electrons. The Bertz CT molecular complexity index is 469. The summed E-state index contributed by atoms with van der Waals surface area (Å²) in [5.41, 5.74) is -0.860. The second-order valence-electron chi connectivity index (χ2n) is 4.90. The van der Waals surface area contributed by atoms with Gasteiger partial charge in [-0.25, -0.2) is 4.39 Å². The van der Waals surface area contributed by atoms with Crippen molar-refractivity contribution in [1.82, 2.24) is 5.32 Å². The lowest BCUT2D eigenvalue weighted by Crippen LogP contribution is -2.53. The molecule has 1 saturated carbocycles. The molecule has 0 aliphatic heterocycles. The monoisotopic (exact) mass is 283 g/mol. The van der Waals surface area contributed by atoms with Crippen LogP contribution in [-0.4, -0.2) is 28.9 Å². The fourth-order valence-corrected chi connectivity index (χ4v) is 3.92. The summed E-state index contributed by atoms with van der Waals surface area (Å²) in [7, 11) is 1.68. The Morgan fingerprint density at radius 2 is 2.26 bits per heavy atom. The van der Waals surface area contributed by atoms with Crippen molar-refractivity contribution in [3.8, 4) is 0 Å². The first-order valence-corrected chi connectivity index (χ1v) is 7.29. The molecule has 2 N–H and O–H groups in total. The number of carbonyl (C=O) groups is 1. The Balaban J connectivity index is 2.10. The molecule has 0 bridgehead atoms. The van der Waals surface area contributed by atoms with Crippen LogP contribution in [0.3, 0.4) is 0 Å². The molecule has 0 saturated heterocycles. The average Bonchev–Trinajstić information content (AvgIpc) is 2.41. The Labute approximate surface area is 116 Å². The van der Waals surface area contributed by atoms with E-state index < -0.39 is 11.5 Å². The maximum atomic E-state index is 13.6. The number of hydrogen-bond acceptors (Lipinski definition) is 3. The van der Waals surface area contributed by atoms with Crippen LogP contribution in [0.5, 0.6) is 0 Å². The van der Waals surface area contributed by atoms with Crippen LogP contribution >= 0.6 is 11.8 Å². The molecule has 0 amide bonds. The number of carboxylic acid groups (broad SMARTS) is 1. The first-order chi connectivity index (χ1) is 9.07. The molecular formula is C14H18FNO2S. The molecule has 3 nitrogen and oxygen atoms in total. The highest BCUT2D eigenvalue weighted by Crippen LogP contribution is 2.39. The van der Waals surface area contributed by atoms with Gasteiger partial charge in [-0.2, -0.15) is 0 Å². The summed E-state index contributed by atoms with van der Waals surface area (Å²) in [6, 6.07) is 6.65. The summed E-state index contributed by atoms with van der Waals surface area (Å²) in [5.74, 6) is -1.04. The van der Waals surface area contributed by atoms with Gasteiger partial charge in [-0.1, -0.05) is 12.1 Å². The van der Waals surface area contributed by atoms with Crippen LogP contribution in [0.1, 0.15) is 25.7 Å². The maximum Gasteiger partial charge on any atom is 0.323 e. The Kier molecular flexibility index (Phi) is 4.47. The van der Waals surface area contributed by atoms with E-state index in [-0.39, 0.29) is 11.1 Å². The molecule has 19 heavy (non-hydrogen) atoms. The highest BCUT2D eigenvalue weighted by molar-refractivity contribution is 8.00. The van der Waals surface area contributed by atoms with Gasteiger partial charge in [-0.15, -0.1) is 11.8 Å². The summed E-state index contributed by atoms with van der Waals surface area (Å²) in [4.78, 5) is 12.0. The summed E-state index contributed by atoms with van der Waals surface area (Å²) >= 11 is 1.45. The van der Waals surface area contributed by atoms with Crippen LogP contribution in [0.2, 0.25) is 0 Å². The predicted molar refractivity (Wildman–Crippen MR) is 73.9 cm³/mol. The Hall–Kier alpha value is -1.07. The number of hydrogen-bond donors (Lipinski definition) is 2. The van der Waals surface area contributed by atoms with Crippen molar-refractivity contribution in [3.63, 3.8) is 0 Å². The third-order valence-electron chi connectivity index (χ3n) is 3.72. The second-order valence-corrected chi connectivity index (χ2v) is 6.25. The molecule has 2 unspecified atom stereocenters. The molecule has 104 valence electrons. The fraction of sp³-hybridized carbons (Fsp3) is 0.500. The lowest BCUT2D eigenvalue weighted by molar-refractivity contribution is -0.146. The van der Waals surface area contributed by atoms with Gasteiger partial charge in [-0.3, -0.25) is 4.79 Å². The van der Waals surface area contributed by atoms with Gasteiger partial charge in [0.25, 0.3) is 0 Å². The second kappa shape index (κ2) is 5.92. The van der Waals surface area contributed by atoms with Crippen molar-refractivity contribution < 1.29 is 14.3 Å². The highest BCUT2D eigenvalue weighted by Gasteiger charge is 2.42. The van der Waals surface area contributed by atoms with Crippen molar-refractivity contribution in [3.05, 3.63) is 30.1 Å². The van der Waals surface area contributed by atoms with Gasteiger partial charge in [0.05, 0.1) is 0 Å². The highest BCUT2D eigenvalue weighted by atomic mass is 32.2. The first-order valence-electron chi connectivity index (χ1n) is 6.41. The van der Waals surface area contributed by atoms with Crippen LogP contribution in [0.25, 0.3) is 0 Å². The molecule has 2 atom stereocenters. The minimum Gasteiger partial charge on any atom is -0.480 e. The Morgan fingerprint density at radius 3 is 2.89 bits per heavy atom. The standard InChI is InChI=1S/C14H18FNO2S/c1-16-14(13(17)18)8-4-5-10(9-14)19-12-7-3-2-6-11(12)15/h2-3,6-7,10,16H,4-5,8-9H2,1H3,(H,17,18).